The van der Waals surface area contributed by atoms with Gasteiger partial charge >= 0.3 is 0 Å². The minimum absolute atomic E-state index is 0.206. The van der Waals surface area contributed by atoms with Crippen molar-refractivity contribution in [1.29, 1.82) is 0 Å². The third-order valence-electron chi connectivity index (χ3n) is 4.61. The highest BCUT2D eigenvalue weighted by Gasteiger charge is 2.25. The molecule has 0 atom stereocenters. The van der Waals surface area contributed by atoms with Gasteiger partial charge in [0.2, 0.25) is 9.84 Å². The lowest BCUT2D eigenvalue weighted by Crippen LogP contribution is -2.20. The lowest BCUT2D eigenvalue weighted by molar-refractivity contribution is 0.251. The average Bonchev–Trinajstić information content (AvgIpc) is 3.17. The molecule has 0 radical (unpaired) electrons. The van der Waals surface area contributed by atoms with Crippen LogP contribution in [0.2, 0.25) is 0 Å². The maximum absolute atomic E-state index is 13.5. The van der Waals surface area contributed by atoms with Crippen LogP contribution in [-0.2, 0) is 9.84 Å². The fourth-order valence-corrected chi connectivity index (χ4v) is 5.35. The van der Waals surface area contributed by atoms with Crippen molar-refractivity contribution in [3.05, 3.63) is 66.9 Å². The second-order valence-electron chi connectivity index (χ2n) is 6.36. The van der Waals surface area contributed by atoms with E-state index in [1.807, 2.05) is 30.3 Å². The lowest BCUT2D eigenvalue weighted by atomic mass is 10.1. The van der Waals surface area contributed by atoms with E-state index in [1.165, 1.54) is 6.20 Å². The van der Waals surface area contributed by atoms with Gasteiger partial charge in [-0.3, -0.25) is 0 Å². The van der Waals surface area contributed by atoms with Crippen molar-refractivity contribution in [2.45, 2.75) is 15.9 Å². The molecule has 0 bridgehead atoms. The minimum Gasteiger partial charge on any atom is -0.486 e. The number of sulfone groups is 1. The number of para-hydroxylation sites is 1. The Bertz CT molecular complexity index is 1240. The monoisotopic (exact) mass is 433 g/mol. The van der Waals surface area contributed by atoms with Gasteiger partial charge in [0.05, 0.1) is 27.1 Å². The summed E-state index contributed by atoms with van der Waals surface area (Å²) < 4.78 is 32.8. The number of benzene rings is 3. The first-order valence-electron chi connectivity index (χ1n) is 8.68. The lowest BCUT2D eigenvalue weighted by Gasteiger charge is -2.14. The molecule has 0 aliphatic heterocycles. The van der Waals surface area contributed by atoms with E-state index >= 15 is 0 Å². The SMILES string of the molecule is O=S(=O)(c1cccc2ccccc12)c1c[nH]c2c(OC(CCl)CCl)cccc12. The highest BCUT2D eigenvalue weighted by atomic mass is 35.5. The summed E-state index contributed by atoms with van der Waals surface area (Å²) in [4.78, 5) is 3.53. The van der Waals surface area contributed by atoms with Crippen molar-refractivity contribution in [2.75, 3.05) is 11.8 Å². The van der Waals surface area contributed by atoms with E-state index < -0.39 is 9.84 Å². The number of fused-ring (bicyclic) bond motifs is 2. The van der Waals surface area contributed by atoms with Crippen molar-refractivity contribution in [1.82, 2.24) is 4.98 Å². The highest BCUT2D eigenvalue weighted by molar-refractivity contribution is 7.92. The zero-order chi connectivity index (χ0) is 19.7. The molecular formula is C21H17Cl2NO3S. The van der Waals surface area contributed by atoms with E-state index in [0.717, 1.165) is 5.39 Å². The summed E-state index contributed by atoms with van der Waals surface area (Å²) in [5.74, 6) is 0.993. The molecule has 1 heterocycles. The molecule has 4 nitrogen and oxygen atoms in total. The van der Waals surface area contributed by atoms with E-state index in [1.54, 1.807) is 30.3 Å². The second-order valence-corrected chi connectivity index (χ2v) is 8.86. The molecule has 0 aliphatic carbocycles. The van der Waals surface area contributed by atoms with Crippen molar-refractivity contribution < 1.29 is 13.2 Å². The van der Waals surface area contributed by atoms with Gasteiger partial charge in [-0.25, -0.2) is 8.42 Å². The van der Waals surface area contributed by atoms with Gasteiger partial charge in [0.25, 0.3) is 0 Å². The summed E-state index contributed by atoms with van der Waals surface area (Å²) in [5.41, 5.74) is 0.599. The predicted molar refractivity (Wildman–Crippen MR) is 114 cm³/mol. The zero-order valence-corrected chi connectivity index (χ0v) is 17.1. The maximum Gasteiger partial charge on any atom is 0.209 e. The zero-order valence-electron chi connectivity index (χ0n) is 14.7. The van der Waals surface area contributed by atoms with Gasteiger partial charge in [0.1, 0.15) is 11.9 Å². The summed E-state index contributed by atoms with van der Waals surface area (Å²) in [6.07, 6.45) is 1.14. The Morgan fingerprint density at radius 3 is 2.32 bits per heavy atom. The summed E-state index contributed by atoms with van der Waals surface area (Å²) in [5, 5.41) is 2.13. The number of aromatic nitrogens is 1. The number of halogens is 2. The molecule has 0 saturated carbocycles. The summed E-state index contributed by atoms with van der Waals surface area (Å²) in [7, 11) is -3.74. The minimum atomic E-state index is -3.74. The molecule has 0 aliphatic rings. The molecule has 7 heteroatoms. The second kappa shape index (κ2) is 7.66. The number of rotatable bonds is 6. The number of alkyl halides is 2. The Labute approximate surface area is 173 Å². The van der Waals surface area contributed by atoms with Gasteiger partial charge in [-0.1, -0.05) is 48.5 Å². The van der Waals surface area contributed by atoms with Crippen molar-refractivity contribution in [3.8, 4) is 5.75 Å². The number of H-pyrrole nitrogens is 1. The third kappa shape index (κ3) is 3.24. The molecule has 1 aromatic heterocycles. The first kappa shape index (κ1) is 19.1. The molecule has 0 saturated heterocycles. The fraction of sp³-hybridized carbons (Fsp3) is 0.143. The highest BCUT2D eigenvalue weighted by Crippen LogP contribution is 2.35. The van der Waals surface area contributed by atoms with Gasteiger partial charge in [-0.2, -0.15) is 0 Å². The van der Waals surface area contributed by atoms with E-state index in [9.17, 15) is 8.42 Å². The Balaban J connectivity index is 1.87. The quantitative estimate of drug-likeness (QED) is 0.415. The van der Waals surface area contributed by atoms with Crippen LogP contribution >= 0.6 is 23.2 Å². The normalized spacial score (nSPS) is 12.1. The molecule has 0 amide bonds. The Hall–Kier alpha value is -2.21. The third-order valence-corrected chi connectivity index (χ3v) is 7.15. The van der Waals surface area contributed by atoms with Crippen molar-refractivity contribution >= 4 is 54.7 Å². The van der Waals surface area contributed by atoms with Gasteiger partial charge in [-0.05, 0) is 17.5 Å². The van der Waals surface area contributed by atoms with Crippen LogP contribution in [0.1, 0.15) is 0 Å². The van der Waals surface area contributed by atoms with Gasteiger partial charge < -0.3 is 9.72 Å². The van der Waals surface area contributed by atoms with Crippen molar-refractivity contribution in [2.24, 2.45) is 0 Å². The van der Waals surface area contributed by atoms with Crippen LogP contribution in [0.3, 0.4) is 0 Å². The molecule has 144 valence electrons. The topological polar surface area (TPSA) is 59.2 Å². The fourth-order valence-electron chi connectivity index (χ4n) is 3.25. The molecule has 0 spiro atoms. The summed E-state index contributed by atoms with van der Waals surface area (Å²) >= 11 is 11.7. The summed E-state index contributed by atoms with van der Waals surface area (Å²) in [6.45, 7) is 0. The molecule has 0 fully saturated rings. The van der Waals surface area contributed by atoms with Crippen LogP contribution in [0, 0.1) is 0 Å². The van der Waals surface area contributed by atoms with Crippen LogP contribution in [0.25, 0.3) is 21.7 Å². The number of aromatic amines is 1. The van der Waals surface area contributed by atoms with Crippen LogP contribution in [0.15, 0.2) is 76.7 Å². The number of hydrogen-bond acceptors (Lipinski definition) is 3. The van der Waals surface area contributed by atoms with Crippen LogP contribution in [0.5, 0.6) is 5.75 Å². The van der Waals surface area contributed by atoms with Gasteiger partial charge in [0, 0.05) is 17.0 Å². The average molecular weight is 434 g/mol. The first-order valence-corrected chi connectivity index (χ1v) is 11.2. The molecular weight excluding hydrogens is 417 g/mol. The Morgan fingerprint density at radius 2 is 1.54 bits per heavy atom. The number of nitrogens with one attached hydrogen (secondary N) is 1. The van der Waals surface area contributed by atoms with Crippen LogP contribution in [0.4, 0.5) is 0 Å². The first-order chi connectivity index (χ1) is 13.6. The van der Waals surface area contributed by atoms with E-state index in [2.05, 4.69) is 4.98 Å². The Morgan fingerprint density at radius 1 is 0.857 bits per heavy atom. The van der Waals surface area contributed by atoms with Gasteiger partial charge in [-0.15, -0.1) is 23.2 Å². The Kier molecular flexibility index (Phi) is 5.23. The number of hydrogen-bond donors (Lipinski definition) is 1. The van der Waals surface area contributed by atoms with Crippen LogP contribution < -0.4 is 4.74 Å². The predicted octanol–water partition coefficient (Wildman–Crippen LogP) is 5.38. The molecule has 1 N–H and O–H groups in total. The van der Waals surface area contributed by atoms with Crippen LogP contribution in [-0.4, -0.2) is 31.3 Å². The van der Waals surface area contributed by atoms with Gasteiger partial charge in [0.15, 0.2) is 0 Å². The molecule has 3 aromatic carbocycles. The largest absolute Gasteiger partial charge is 0.486 e. The molecule has 28 heavy (non-hydrogen) atoms. The number of ether oxygens (including phenoxy) is 1. The molecule has 0 unspecified atom stereocenters. The van der Waals surface area contributed by atoms with E-state index in [-0.39, 0.29) is 27.7 Å². The van der Waals surface area contributed by atoms with E-state index in [0.29, 0.717) is 22.0 Å². The van der Waals surface area contributed by atoms with E-state index in [4.69, 9.17) is 27.9 Å². The molecule has 4 aromatic rings. The maximum atomic E-state index is 13.5. The smallest absolute Gasteiger partial charge is 0.209 e. The van der Waals surface area contributed by atoms with Crippen molar-refractivity contribution in [3.63, 3.8) is 0 Å². The summed E-state index contributed by atoms with van der Waals surface area (Å²) in [6, 6.07) is 18.0. The standard InChI is InChI=1S/C21H17Cl2NO3S/c22-11-15(12-23)27-18-9-4-8-17-20(13-24-21(17)18)28(25,26)19-10-3-6-14-5-1-2-7-16(14)19/h1-10,13,15,24H,11-12H2. The molecule has 4 rings (SSSR count).